The summed E-state index contributed by atoms with van der Waals surface area (Å²) >= 11 is 12.3. The Morgan fingerprint density at radius 2 is 2.03 bits per heavy atom. The van der Waals surface area contributed by atoms with Gasteiger partial charge in [0.15, 0.2) is 0 Å². The fourth-order valence-corrected chi connectivity index (χ4v) is 4.58. The Labute approximate surface area is 197 Å². The maximum Gasteiger partial charge on any atom is 0.228 e. The van der Waals surface area contributed by atoms with E-state index in [9.17, 15) is 4.79 Å². The van der Waals surface area contributed by atoms with Crippen LogP contribution in [0, 0.1) is 11.8 Å². The van der Waals surface area contributed by atoms with Crippen molar-refractivity contribution in [3.8, 4) is 0 Å². The predicted octanol–water partition coefficient (Wildman–Crippen LogP) is 6.22. The number of carbonyl (C=O) groups excluding carboxylic acids is 1. The number of nitrogens with zero attached hydrogens (tertiary/aromatic N) is 2. The third kappa shape index (κ3) is 4.03. The normalized spacial score (nSPS) is 18.5. The summed E-state index contributed by atoms with van der Waals surface area (Å²) in [6.45, 7) is 8.06. The van der Waals surface area contributed by atoms with E-state index in [1.165, 1.54) is 5.57 Å². The summed E-state index contributed by atoms with van der Waals surface area (Å²) in [5, 5.41) is 5.12. The molecule has 1 saturated carbocycles. The molecule has 0 spiro atoms. The number of nitrogens with one attached hydrogen (secondary N) is 2. The Bertz CT molecular complexity index is 1260. The lowest BCUT2D eigenvalue weighted by molar-refractivity contribution is -0.117. The smallest absolute Gasteiger partial charge is 0.228 e. The second-order valence-electron chi connectivity index (χ2n) is 8.60. The van der Waals surface area contributed by atoms with Gasteiger partial charge in [-0.15, -0.1) is 0 Å². The van der Waals surface area contributed by atoms with E-state index in [2.05, 4.69) is 39.8 Å². The van der Waals surface area contributed by atoms with Crippen LogP contribution in [-0.4, -0.2) is 33.9 Å². The number of amides is 1. The van der Waals surface area contributed by atoms with Gasteiger partial charge < -0.3 is 15.2 Å². The van der Waals surface area contributed by atoms with E-state index in [1.807, 2.05) is 30.5 Å². The first-order valence-corrected chi connectivity index (χ1v) is 11.5. The monoisotopic (exact) mass is 466 g/mol. The highest BCUT2D eigenvalue weighted by molar-refractivity contribution is 6.42. The third-order valence-electron chi connectivity index (χ3n) is 6.23. The predicted molar refractivity (Wildman–Crippen MR) is 132 cm³/mol. The maximum atomic E-state index is 12.3. The van der Waals surface area contributed by atoms with Crippen molar-refractivity contribution in [2.24, 2.45) is 11.8 Å². The standard InChI is InChI=1S/C25H24Cl2N4O/c1-14-13-31(15(2)17-5-6-21(26)22(27)11-17)10-8-18(14)20-12-23(30-25(32)16-3-4-16)29-24-19(20)7-9-28-24/h5-9,11-12,14,16H,2-4,10,13H2,1H3,(H2,28,29,30,32). The van der Waals surface area contributed by atoms with Crippen molar-refractivity contribution < 1.29 is 4.79 Å². The molecule has 1 fully saturated rings. The number of benzene rings is 1. The Hall–Kier alpha value is -2.76. The number of aromatic amines is 1. The number of hydrogen-bond donors (Lipinski definition) is 2. The zero-order valence-electron chi connectivity index (χ0n) is 17.8. The minimum atomic E-state index is 0.0594. The molecule has 3 aromatic rings. The van der Waals surface area contributed by atoms with Gasteiger partial charge in [-0.1, -0.05) is 48.8 Å². The first-order chi connectivity index (χ1) is 15.4. The minimum absolute atomic E-state index is 0.0594. The Morgan fingerprint density at radius 3 is 2.75 bits per heavy atom. The number of rotatable bonds is 5. The highest BCUT2D eigenvalue weighted by Crippen LogP contribution is 2.36. The Balaban J connectivity index is 1.43. The topological polar surface area (TPSA) is 61.0 Å². The molecule has 0 radical (unpaired) electrons. The average Bonchev–Trinajstić information content (AvgIpc) is 3.53. The van der Waals surface area contributed by atoms with Crippen LogP contribution < -0.4 is 5.32 Å². The molecule has 1 atom stereocenters. The van der Waals surface area contributed by atoms with Crippen LogP contribution in [0.4, 0.5) is 5.82 Å². The summed E-state index contributed by atoms with van der Waals surface area (Å²) in [5.74, 6) is 1.05. The van der Waals surface area contributed by atoms with Crippen LogP contribution in [0.5, 0.6) is 0 Å². The molecule has 1 aliphatic heterocycles. The van der Waals surface area contributed by atoms with Crippen molar-refractivity contribution in [1.82, 2.24) is 14.9 Å². The van der Waals surface area contributed by atoms with Crippen molar-refractivity contribution in [2.75, 3.05) is 18.4 Å². The van der Waals surface area contributed by atoms with Crippen molar-refractivity contribution in [3.05, 3.63) is 70.4 Å². The summed E-state index contributed by atoms with van der Waals surface area (Å²) in [6.07, 6.45) is 6.06. The number of fused-ring (bicyclic) bond motifs is 1. The zero-order valence-corrected chi connectivity index (χ0v) is 19.3. The maximum absolute atomic E-state index is 12.3. The van der Waals surface area contributed by atoms with Gasteiger partial charge in [0.1, 0.15) is 11.5 Å². The summed E-state index contributed by atoms with van der Waals surface area (Å²) in [6, 6.07) is 9.65. The van der Waals surface area contributed by atoms with Crippen molar-refractivity contribution in [3.63, 3.8) is 0 Å². The van der Waals surface area contributed by atoms with Crippen molar-refractivity contribution in [2.45, 2.75) is 19.8 Å². The summed E-state index contributed by atoms with van der Waals surface area (Å²) < 4.78 is 0. The summed E-state index contributed by atoms with van der Waals surface area (Å²) in [4.78, 5) is 22.3. The molecule has 164 valence electrons. The number of carbonyl (C=O) groups is 1. The highest BCUT2D eigenvalue weighted by atomic mass is 35.5. The lowest BCUT2D eigenvalue weighted by atomic mass is 9.89. The van der Waals surface area contributed by atoms with Gasteiger partial charge in [-0.2, -0.15) is 0 Å². The number of pyridine rings is 1. The largest absolute Gasteiger partial charge is 0.367 e. The van der Waals surface area contributed by atoms with E-state index < -0.39 is 0 Å². The van der Waals surface area contributed by atoms with E-state index >= 15 is 0 Å². The lowest BCUT2D eigenvalue weighted by Crippen LogP contribution is -2.31. The Morgan fingerprint density at radius 1 is 1.22 bits per heavy atom. The molecule has 2 aromatic heterocycles. The summed E-state index contributed by atoms with van der Waals surface area (Å²) in [5.41, 5.74) is 5.02. The molecule has 7 heteroatoms. The van der Waals surface area contributed by atoms with Crippen LogP contribution in [0.15, 0.2) is 49.2 Å². The quantitative estimate of drug-likeness (QED) is 0.468. The first-order valence-electron chi connectivity index (χ1n) is 10.8. The number of aromatic nitrogens is 2. The third-order valence-corrected chi connectivity index (χ3v) is 6.97. The molecule has 2 aliphatic rings. The fourth-order valence-electron chi connectivity index (χ4n) is 4.28. The molecule has 0 saturated heterocycles. The van der Waals surface area contributed by atoms with Crippen LogP contribution in [0.1, 0.15) is 30.9 Å². The van der Waals surface area contributed by atoms with Gasteiger partial charge in [-0.05, 0) is 59.7 Å². The van der Waals surface area contributed by atoms with Gasteiger partial charge in [0, 0.05) is 36.3 Å². The van der Waals surface area contributed by atoms with Gasteiger partial charge in [0.25, 0.3) is 0 Å². The van der Waals surface area contributed by atoms with Gasteiger partial charge in [-0.25, -0.2) is 4.98 Å². The number of anilines is 1. The molecule has 1 aromatic carbocycles. The van der Waals surface area contributed by atoms with Crippen molar-refractivity contribution >= 4 is 57.2 Å². The summed E-state index contributed by atoms with van der Waals surface area (Å²) in [7, 11) is 0. The first kappa shape index (κ1) is 21.1. The molecular weight excluding hydrogens is 443 g/mol. The van der Waals surface area contributed by atoms with Gasteiger partial charge >= 0.3 is 0 Å². The average molecular weight is 467 g/mol. The number of halogens is 2. The van der Waals surface area contributed by atoms with Crippen LogP contribution in [0.2, 0.25) is 10.0 Å². The second-order valence-corrected chi connectivity index (χ2v) is 9.41. The van der Waals surface area contributed by atoms with Crippen LogP contribution in [-0.2, 0) is 4.79 Å². The molecule has 0 bridgehead atoms. The van der Waals surface area contributed by atoms with E-state index in [0.29, 0.717) is 15.9 Å². The van der Waals surface area contributed by atoms with Crippen LogP contribution in [0.3, 0.4) is 0 Å². The molecule has 5 nitrogen and oxygen atoms in total. The molecular formula is C25H24Cl2N4O. The Kier molecular flexibility index (Phi) is 5.48. The number of H-pyrrole nitrogens is 1. The molecule has 1 aliphatic carbocycles. The molecule has 1 amide bonds. The second kappa shape index (κ2) is 8.30. The fraction of sp³-hybridized carbons (Fsp3) is 0.280. The lowest BCUT2D eigenvalue weighted by Gasteiger charge is -2.34. The molecule has 32 heavy (non-hydrogen) atoms. The van der Waals surface area contributed by atoms with Crippen LogP contribution >= 0.6 is 23.2 Å². The molecule has 5 rings (SSSR count). The molecule has 3 heterocycles. The molecule has 2 N–H and O–H groups in total. The van der Waals surface area contributed by atoms with Gasteiger partial charge in [-0.3, -0.25) is 4.79 Å². The zero-order chi connectivity index (χ0) is 22.4. The van der Waals surface area contributed by atoms with Gasteiger partial charge in [0.05, 0.1) is 10.0 Å². The van der Waals surface area contributed by atoms with E-state index in [-0.39, 0.29) is 17.7 Å². The van der Waals surface area contributed by atoms with Gasteiger partial charge in [0.2, 0.25) is 5.91 Å². The van der Waals surface area contributed by atoms with Crippen molar-refractivity contribution in [1.29, 1.82) is 0 Å². The SMILES string of the molecule is C=C(c1ccc(Cl)c(Cl)c1)N1CC=C(c2cc(NC(=O)C3CC3)nc3[nH]ccc23)C(C)C1. The van der Waals surface area contributed by atoms with E-state index in [1.54, 1.807) is 6.07 Å². The molecule has 1 unspecified atom stereocenters. The van der Waals surface area contributed by atoms with Crippen LogP contribution in [0.25, 0.3) is 22.3 Å². The minimum Gasteiger partial charge on any atom is -0.367 e. The van der Waals surface area contributed by atoms with E-state index in [0.717, 1.165) is 53.8 Å². The number of hydrogen-bond acceptors (Lipinski definition) is 3. The van der Waals surface area contributed by atoms with E-state index in [4.69, 9.17) is 23.2 Å². The highest BCUT2D eigenvalue weighted by Gasteiger charge is 2.30.